The van der Waals surface area contributed by atoms with Crippen molar-refractivity contribution in [2.45, 2.75) is 0 Å². The van der Waals surface area contributed by atoms with Crippen LogP contribution in [0.1, 0.15) is 0 Å². The van der Waals surface area contributed by atoms with Gasteiger partial charge in [-0.1, -0.05) is 0 Å². The fourth-order valence-electron chi connectivity index (χ4n) is 0.0544. The van der Waals surface area contributed by atoms with Crippen molar-refractivity contribution in [2.75, 3.05) is 5.34 Å². The van der Waals surface area contributed by atoms with E-state index in [4.69, 9.17) is 23.2 Å². The molecular weight excluding hydrogens is 420 g/mol. The molecule has 0 aliphatic heterocycles. The average molecular weight is 422 g/mol. The molecule has 2 atom stereocenters. The monoisotopic (exact) mass is 421 g/mol. The molecule has 0 fully saturated rings. The van der Waals surface area contributed by atoms with Gasteiger partial charge in [0.25, 0.3) is 0 Å². The van der Waals surface area contributed by atoms with Gasteiger partial charge in [0.05, 0.1) is 5.34 Å². The third-order valence-electron chi connectivity index (χ3n) is 0.133. The van der Waals surface area contributed by atoms with E-state index in [1.54, 1.807) is 0 Å². The van der Waals surface area contributed by atoms with Crippen LogP contribution in [0.2, 0.25) is 0 Å². The van der Waals surface area contributed by atoms with Crippen LogP contribution in [0.15, 0.2) is 0 Å². The van der Waals surface area contributed by atoms with Crippen molar-refractivity contribution in [3.63, 3.8) is 0 Å². The van der Waals surface area contributed by atoms with Crippen LogP contribution in [0, 0.1) is 0 Å². The molecule has 5 nitrogen and oxygen atoms in total. The van der Waals surface area contributed by atoms with E-state index >= 15 is 0 Å². The second-order valence-electron chi connectivity index (χ2n) is 0.630. The van der Waals surface area contributed by atoms with Gasteiger partial charge in [0.1, 0.15) is 4.31 Å². The molecule has 10 heteroatoms. The fourth-order valence-corrected chi connectivity index (χ4v) is 0.490. The first-order chi connectivity index (χ1) is 4.54. The van der Waals surface area contributed by atoms with Crippen molar-refractivity contribution in [2.24, 2.45) is 0 Å². The first-order valence-corrected chi connectivity index (χ1v) is 4.89. The number of halogens is 2. The normalized spacial score (nSPS) is 10.2. The SMILES string of the molecule is ClCCl.O=[P+]([O-])O[P+](=O)[O-].[Pt+2]. The molecule has 0 amide bonds. The van der Waals surface area contributed by atoms with Crippen molar-refractivity contribution in [3.05, 3.63) is 0 Å². The molecule has 0 N–H and O–H groups in total. The summed E-state index contributed by atoms with van der Waals surface area (Å²) in [5, 5.41) is 0.194. The molecule has 11 heavy (non-hydrogen) atoms. The van der Waals surface area contributed by atoms with Gasteiger partial charge in [-0.25, -0.2) is 0 Å². The Hall–Kier alpha value is 1.35. The number of hydrogen-bond acceptors (Lipinski definition) is 5. The van der Waals surface area contributed by atoms with Gasteiger partial charge in [0, 0.05) is 0 Å². The number of rotatable bonds is 2. The minimum Gasteiger partial charge on any atom is -0.563 e. The summed E-state index contributed by atoms with van der Waals surface area (Å²) in [5.41, 5.74) is 0. The first-order valence-electron chi connectivity index (χ1n) is 1.63. The van der Waals surface area contributed by atoms with Crippen LogP contribution in [0.5, 0.6) is 0 Å². The molecule has 0 saturated heterocycles. The molecule has 0 aromatic rings. The molecule has 0 aliphatic carbocycles. The molecule has 0 spiro atoms. The van der Waals surface area contributed by atoms with Crippen LogP contribution in [0.4, 0.5) is 0 Å². The van der Waals surface area contributed by atoms with Gasteiger partial charge in [0.2, 0.25) is 0 Å². The average Bonchev–Trinajstić information content (AvgIpc) is 1.62. The predicted molar refractivity (Wildman–Crippen MR) is 32.9 cm³/mol. The second kappa shape index (κ2) is 13.9. The molecule has 0 bridgehead atoms. The van der Waals surface area contributed by atoms with Crippen LogP contribution in [-0.4, -0.2) is 5.34 Å². The van der Waals surface area contributed by atoms with Crippen LogP contribution in [-0.2, 0) is 34.5 Å². The van der Waals surface area contributed by atoms with Crippen molar-refractivity contribution in [3.8, 4) is 0 Å². The maximum atomic E-state index is 9.24. The van der Waals surface area contributed by atoms with Crippen molar-refractivity contribution >= 4 is 39.7 Å². The van der Waals surface area contributed by atoms with Gasteiger partial charge < -0.3 is 9.79 Å². The van der Waals surface area contributed by atoms with Crippen molar-refractivity contribution < 1.29 is 44.3 Å². The van der Waals surface area contributed by atoms with E-state index in [0.29, 0.717) is 0 Å². The molecule has 2 unspecified atom stereocenters. The van der Waals surface area contributed by atoms with Gasteiger partial charge in [-0.2, -0.15) is 0 Å². The Morgan fingerprint density at radius 1 is 1.18 bits per heavy atom. The topological polar surface area (TPSA) is 89.5 Å². The molecule has 0 saturated carbocycles. The largest absolute Gasteiger partial charge is 2.00 e. The molecule has 0 aliphatic rings. The zero-order valence-electron chi connectivity index (χ0n) is 4.71. The summed E-state index contributed by atoms with van der Waals surface area (Å²) in [4.78, 5) is 18.5. The standard InChI is InChI=1S/CH2Cl2.O5P2.Pt/c2-1-3;1-6(2)5-7(3)4;/h1H2;;/q;;+2. The third-order valence-corrected chi connectivity index (χ3v) is 1.20. The van der Waals surface area contributed by atoms with Gasteiger partial charge in [0.15, 0.2) is 0 Å². The molecule has 0 aromatic carbocycles. The fraction of sp³-hybridized carbons (Fsp3) is 1.00. The molecule has 0 aromatic heterocycles. The van der Waals surface area contributed by atoms with E-state index in [0.717, 1.165) is 0 Å². The molecule has 0 radical (unpaired) electrons. The number of hydrogen-bond donors (Lipinski definition) is 0. The molecular formula is CH2Cl2O5P2Pt+2. The summed E-state index contributed by atoms with van der Waals surface area (Å²) in [6, 6.07) is 0. The van der Waals surface area contributed by atoms with E-state index in [9.17, 15) is 18.9 Å². The van der Waals surface area contributed by atoms with Gasteiger partial charge in [-0.3, -0.25) is 0 Å². The summed E-state index contributed by atoms with van der Waals surface area (Å²) in [5.74, 6) is 0. The third kappa shape index (κ3) is 34.7. The summed E-state index contributed by atoms with van der Waals surface area (Å²) < 4.78 is 21.6. The van der Waals surface area contributed by atoms with Crippen molar-refractivity contribution in [1.29, 1.82) is 0 Å². The minimum absolute atomic E-state index is 0. The van der Waals surface area contributed by atoms with Gasteiger partial charge >= 0.3 is 37.6 Å². The summed E-state index contributed by atoms with van der Waals surface area (Å²) in [6.45, 7) is 0. The Morgan fingerprint density at radius 2 is 1.36 bits per heavy atom. The Balaban J connectivity index is -0.000000140. The zero-order chi connectivity index (χ0) is 8.57. The summed E-state index contributed by atoms with van der Waals surface area (Å²) in [7, 11) is -6.47. The first kappa shape index (κ1) is 18.2. The van der Waals surface area contributed by atoms with E-state index in [1.807, 2.05) is 0 Å². The van der Waals surface area contributed by atoms with Crippen LogP contribution in [0.3, 0.4) is 0 Å². The predicted octanol–water partition coefficient (Wildman–Crippen LogP) is 0.457. The number of alkyl halides is 2. The summed E-state index contributed by atoms with van der Waals surface area (Å²) in [6.07, 6.45) is 0. The van der Waals surface area contributed by atoms with Crippen molar-refractivity contribution in [1.82, 2.24) is 0 Å². The zero-order valence-corrected chi connectivity index (χ0v) is 10.3. The Bertz CT molecular complexity index is 109. The molecule has 0 heterocycles. The van der Waals surface area contributed by atoms with E-state index < -0.39 is 16.5 Å². The summed E-state index contributed by atoms with van der Waals surface area (Å²) >= 11 is 9.53. The Kier molecular flexibility index (Phi) is 23.0. The van der Waals surface area contributed by atoms with E-state index in [2.05, 4.69) is 4.31 Å². The van der Waals surface area contributed by atoms with E-state index in [1.165, 1.54) is 0 Å². The smallest absolute Gasteiger partial charge is 0.563 e. The maximum absolute atomic E-state index is 9.24. The van der Waals surface area contributed by atoms with Gasteiger partial charge in [-0.05, 0) is 9.13 Å². The molecule has 0 rings (SSSR count). The minimum atomic E-state index is -3.24. The Morgan fingerprint density at radius 3 is 1.36 bits per heavy atom. The van der Waals surface area contributed by atoms with E-state index in [-0.39, 0.29) is 26.4 Å². The quantitative estimate of drug-likeness (QED) is 0.477. The van der Waals surface area contributed by atoms with Crippen LogP contribution in [0.25, 0.3) is 0 Å². The van der Waals surface area contributed by atoms with Gasteiger partial charge in [-0.15, -0.1) is 23.2 Å². The molecule has 68 valence electrons. The second-order valence-corrected chi connectivity index (χ2v) is 2.99. The maximum Gasteiger partial charge on any atom is 2.00 e. The van der Waals surface area contributed by atoms with Crippen LogP contribution < -0.4 is 9.79 Å². The Labute approximate surface area is 89.2 Å². The van der Waals surface area contributed by atoms with Crippen LogP contribution >= 0.6 is 39.7 Å².